The van der Waals surface area contributed by atoms with Gasteiger partial charge in [-0.1, -0.05) is 13.8 Å². The third-order valence-electron chi connectivity index (χ3n) is 2.66. The first-order valence-electron chi connectivity index (χ1n) is 5.59. The summed E-state index contributed by atoms with van der Waals surface area (Å²) in [5, 5.41) is 2.91. The Hall–Kier alpha value is -1.60. The van der Waals surface area contributed by atoms with E-state index in [1.807, 2.05) is 13.8 Å². The number of nitrogens with zero attached hydrogens (tertiary/aromatic N) is 2. The molecule has 0 saturated carbocycles. The van der Waals surface area contributed by atoms with Crippen LogP contribution in [0.4, 0.5) is 5.82 Å². The van der Waals surface area contributed by atoms with Gasteiger partial charge < -0.3 is 11.1 Å². The van der Waals surface area contributed by atoms with Gasteiger partial charge in [0.15, 0.2) is 5.78 Å². The van der Waals surface area contributed by atoms with Crippen molar-refractivity contribution in [1.82, 2.24) is 14.5 Å². The van der Waals surface area contributed by atoms with Crippen molar-refractivity contribution in [3.05, 3.63) is 26.4 Å². The number of aromatic nitrogens is 2. The van der Waals surface area contributed by atoms with Gasteiger partial charge in [0.05, 0.1) is 6.54 Å². The van der Waals surface area contributed by atoms with Crippen LogP contribution >= 0.6 is 12.4 Å². The van der Waals surface area contributed by atoms with Crippen molar-refractivity contribution >= 4 is 24.0 Å². The Morgan fingerprint density at radius 3 is 2.26 bits per heavy atom. The Morgan fingerprint density at radius 2 is 1.79 bits per heavy atom. The number of hydrogen-bond acceptors (Lipinski definition) is 5. The Kier molecular flexibility index (Phi) is 5.98. The summed E-state index contributed by atoms with van der Waals surface area (Å²) < 4.78 is 1.96. The van der Waals surface area contributed by atoms with Crippen LogP contribution in [0.5, 0.6) is 0 Å². The molecule has 0 aromatic carbocycles. The van der Waals surface area contributed by atoms with Crippen molar-refractivity contribution in [2.75, 3.05) is 12.3 Å². The van der Waals surface area contributed by atoms with Crippen LogP contribution in [0.3, 0.4) is 0 Å². The molecule has 0 saturated heterocycles. The molecule has 0 aliphatic heterocycles. The van der Waals surface area contributed by atoms with Crippen molar-refractivity contribution in [3.63, 3.8) is 0 Å². The second kappa shape index (κ2) is 6.53. The largest absolute Gasteiger partial charge is 0.384 e. The Bertz CT molecular complexity index is 589. The second-order valence-corrected chi connectivity index (χ2v) is 4.42. The summed E-state index contributed by atoms with van der Waals surface area (Å²) in [6.45, 7) is 3.78. The average molecular weight is 291 g/mol. The molecule has 3 N–H and O–H groups in total. The molecule has 108 valence electrons. The maximum absolute atomic E-state index is 11.9. The summed E-state index contributed by atoms with van der Waals surface area (Å²) >= 11 is 0. The highest BCUT2D eigenvalue weighted by Gasteiger charge is 2.19. The molecule has 0 atom stereocenters. The monoisotopic (exact) mass is 290 g/mol. The molecule has 1 rings (SSSR count). The van der Waals surface area contributed by atoms with Crippen LogP contribution in [0, 0.1) is 0 Å². The standard InChI is InChI=1S/C11H18N4O3.ClH/c1-6(2)13-5-7(16)8-9(12)14(3)11(18)15(4)10(8)17;/h6,13H,5,12H2,1-4H3;1H. The molecule has 1 aromatic rings. The number of Topliss-reactive ketones (excluding diaryl/α,β-unsaturated/α-hetero) is 1. The summed E-state index contributed by atoms with van der Waals surface area (Å²) in [6.07, 6.45) is 0. The van der Waals surface area contributed by atoms with Gasteiger partial charge in [-0.25, -0.2) is 4.79 Å². The van der Waals surface area contributed by atoms with Crippen LogP contribution in [0.25, 0.3) is 0 Å². The number of hydrogen-bond donors (Lipinski definition) is 2. The van der Waals surface area contributed by atoms with Crippen LogP contribution in [-0.2, 0) is 14.1 Å². The van der Waals surface area contributed by atoms with Crippen LogP contribution < -0.4 is 22.3 Å². The molecule has 19 heavy (non-hydrogen) atoms. The van der Waals surface area contributed by atoms with Crippen molar-refractivity contribution in [3.8, 4) is 0 Å². The lowest BCUT2D eigenvalue weighted by Gasteiger charge is -2.12. The highest BCUT2D eigenvalue weighted by Crippen LogP contribution is 2.03. The number of nitrogens with one attached hydrogen (secondary N) is 1. The van der Waals surface area contributed by atoms with Gasteiger partial charge in [0.2, 0.25) is 0 Å². The Labute approximate surface area is 116 Å². The number of anilines is 1. The molecule has 0 unspecified atom stereocenters. The minimum absolute atomic E-state index is 0. The molecule has 0 radical (unpaired) electrons. The van der Waals surface area contributed by atoms with E-state index in [0.29, 0.717) is 0 Å². The van der Waals surface area contributed by atoms with Gasteiger partial charge in [-0.2, -0.15) is 0 Å². The number of halogens is 1. The first-order valence-corrected chi connectivity index (χ1v) is 5.59. The lowest BCUT2D eigenvalue weighted by Crippen LogP contribution is -2.43. The number of nitrogen functional groups attached to an aromatic ring is 1. The molecule has 0 amide bonds. The molecular weight excluding hydrogens is 272 g/mol. The molecule has 0 fully saturated rings. The van der Waals surface area contributed by atoms with Gasteiger partial charge in [0.25, 0.3) is 5.56 Å². The minimum Gasteiger partial charge on any atom is -0.384 e. The lowest BCUT2D eigenvalue weighted by atomic mass is 10.2. The minimum atomic E-state index is -0.661. The first-order chi connectivity index (χ1) is 8.27. The number of rotatable bonds is 4. The number of nitrogens with two attached hydrogens (primary N) is 1. The molecule has 8 heteroatoms. The van der Waals surface area contributed by atoms with E-state index in [4.69, 9.17) is 5.73 Å². The molecule has 0 aliphatic carbocycles. The molecule has 0 aliphatic rings. The second-order valence-electron chi connectivity index (χ2n) is 4.42. The fraction of sp³-hybridized carbons (Fsp3) is 0.545. The van der Waals surface area contributed by atoms with Crippen LogP contribution in [-0.4, -0.2) is 27.5 Å². The number of carbonyl (C=O) groups excluding carboxylic acids is 1. The van der Waals surface area contributed by atoms with E-state index in [1.165, 1.54) is 14.1 Å². The van der Waals surface area contributed by atoms with Gasteiger partial charge in [-0.05, 0) is 0 Å². The zero-order chi connectivity index (χ0) is 14.0. The average Bonchev–Trinajstić information content (AvgIpc) is 2.31. The van der Waals surface area contributed by atoms with Crippen molar-refractivity contribution in [2.45, 2.75) is 19.9 Å². The van der Waals surface area contributed by atoms with Crippen molar-refractivity contribution in [2.24, 2.45) is 14.1 Å². The number of carbonyl (C=O) groups is 1. The van der Waals surface area contributed by atoms with Crippen LogP contribution in [0.1, 0.15) is 24.2 Å². The fourth-order valence-corrected chi connectivity index (χ4v) is 1.51. The highest BCUT2D eigenvalue weighted by atomic mass is 35.5. The van der Waals surface area contributed by atoms with E-state index in [-0.39, 0.29) is 36.4 Å². The first kappa shape index (κ1) is 17.4. The van der Waals surface area contributed by atoms with Gasteiger partial charge in [-0.15, -0.1) is 12.4 Å². The van der Waals surface area contributed by atoms with E-state index in [9.17, 15) is 14.4 Å². The fourth-order valence-electron chi connectivity index (χ4n) is 1.51. The predicted octanol–water partition coefficient (Wildman–Crippen LogP) is -0.731. The quantitative estimate of drug-likeness (QED) is 0.712. The normalized spacial score (nSPS) is 10.4. The van der Waals surface area contributed by atoms with Gasteiger partial charge >= 0.3 is 5.69 Å². The predicted molar refractivity (Wildman–Crippen MR) is 76.1 cm³/mol. The van der Waals surface area contributed by atoms with Crippen LogP contribution in [0.2, 0.25) is 0 Å². The molecule has 7 nitrogen and oxygen atoms in total. The van der Waals surface area contributed by atoms with Crippen molar-refractivity contribution < 1.29 is 4.79 Å². The zero-order valence-electron chi connectivity index (χ0n) is 11.4. The van der Waals surface area contributed by atoms with E-state index < -0.39 is 17.0 Å². The summed E-state index contributed by atoms with van der Waals surface area (Å²) in [4.78, 5) is 35.4. The third kappa shape index (κ3) is 3.45. The van der Waals surface area contributed by atoms with Crippen molar-refractivity contribution in [1.29, 1.82) is 0 Å². The smallest absolute Gasteiger partial charge is 0.332 e. The molecule has 1 heterocycles. The SMILES string of the molecule is CC(C)NCC(=O)c1c(N)n(C)c(=O)n(C)c1=O.Cl. The Morgan fingerprint density at radius 1 is 1.26 bits per heavy atom. The molecule has 0 bridgehead atoms. The van der Waals surface area contributed by atoms with Crippen LogP contribution in [0.15, 0.2) is 9.59 Å². The van der Waals surface area contributed by atoms with Gasteiger partial charge in [0, 0.05) is 20.1 Å². The van der Waals surface area contributed by atoms with E-state index in [1.54, 1.807) is 0 Å². The molecule has 0 spiro atoms. The topological polar surface area (TPSA) is 99.1 Å². The summed E-state index contributed by atoms with van der Waals surface area (Å²) in [5.41, 5.74) is 4.30. The molecule has 1 aromatic heterocycles. The zero-order valence-corrected chi connectivity index (χ0v) is 12.2. The van der Waals surface area contributed by atoms with Gasteiger partial charge in [0.1, 0.15) is 11.4 Å². The summed E-state index contributed by atoms with van der Waals surface area (Å²) in [6, 6.07) is 0.117. The maximum Gasteiger partial charge on any atom is 0.332 e. The third-order valence-corrected chi connectivity index (χ3v) is 2.66. The maximum atomic E-state index is 11.9. The lowest BCUT2D eigenvalue weighted by molar-refractivity contribution is 0.0986. The highest BCUT2D eigenvalue weighted by molar-refractivity contribution is 6.01. The van der Waals surface area contributed by atoms with E-state index in [0.717, 1.165) is 9.13 Å². The summed E-state index contributed by atoms with van der Waals surface area (Å²) in [5.74, 6) is -0.518. The van der Waals surface area contributed by atoms with E-state index >= 15 is 0 Å². The van der Waals surface area contributed by atoms with Gasteiger partial charge in [-0.3, -0.25) is 18.7 Å². The van der Waals surface area contributed by atoms with E-state index in [2.05, 4.69) is 5.32 Å². The Balaban J connectivity index is 0.00000324. The summed E-state index contributed by atoms with van der Waals surface area (Å²) in [7, 11) is 2.74. The number of ketones is 1. The molecular formula is C11H19ClN4O3.